The second-order valence-corrected chi connectivity index (χ2v) is 7.78. The smallest absolute Gasteiger partial charge is 0.329 e. The molecule has 0 unspecified atom stereocenters. The van der Waals surface area contributed by atoms with Gasteiger partial charge in [0.05, 0.1) is 20.4 Å². The molecule has 0 spiro atoms. The number of rotatable bonds is 11. The average molecular weight is 523 g/mol. The van der Waals surface area contributed by atoms with Crippen molar-refractivity contribution in [3.8, 4) is 17.2 Å². The molecular formula is C27H27FN4O6. The van der Waals surface area contributed by atoms with Crippen LogP contribution in [-0.2, 0) is 20.8 Å². The van der Waals surface area contributed by atoms with Gasteiger partial charge in [-0.05, 0) is 60.5 Å². The van der Waals surface area contributed by atoms with Crippen LogP contribution in [0.1, 0.15) is 11.1 Å². The van der Waals surface area contributed by atoms with Crippen molar-refractivity contribution in [2.75, 3.05) is 32.7 Å². The summed E-state index contributed by atoms with van der Waals surface area (Å²) in [5, 5.41) is 8.92. The predicted octanol–water partition coefficient (Wildman–Crippen LogP) is 2.67. The van der Waals surface area contributed by atoms with E-state index >= 15 is 0 Å². The van der Waals surface area contributed by atoms with Gasteiger partial charge in [-0.2, -0.15) is 5.10 Å². The largest absolute Gasteiger partial charge is 0.493 e. The van der Waals surface area contributed by atoms with E-state index < -0.39 is 23.5 Å². The molecular weight excluding hydrogens is 495 g/mol. The monoisotopic (exact) mass is 522 g/mol. The van der Waals surface area contributed by atoms with Crippen LogP contribution < -0.4 is 30.3 Å². The minimum Gasteiger partial charge on any atom is -0.493 e. The Balaban J connectivity index is 1.45. The number of halogens is 1. The van der Waals surface area contributed by atoms with E-state index in [1.54, 1.807) is 43.5 Å². The van der Waals surface area contributed by atoms with Crippen molar-refractivity contribution >= 4 is 29.6 Å². The van der Waals surface area contributed by atoms with Gasteiger partial charge in [0.15, 0.2) is 18.1 Å². The number of ether oxygens (including phenoxy) is 3. The molecule has 3 N–H and O–H groups in total. The van der Waals surface area contributed by atoms with Crippen molar-refractivity contribution < 1.29 is 33.0 Å². The molecule has 0 aliphatic rings. The van der Waals surface area contributed by atoms with Crippen LogP contribution in [0.2, 0.25) is 0 Å². The fourth-order valence-corrected chi connectivity index (χ4v) is 3.24. The lowest BCUT2D eigenvalue weighted by atomic mass is 10.1. The molecule has 0 bridgehead atoms. The van der Waals surface area contributed by atoms with Crippen LogP contribution in [0.3, 0.4) is 0 Å². The van der Waals surface area contributed by atoms with Gasteiger partial charge in [-0.1, -0.05) is 18.2 Å². The zero-order chi connectivity index (χ0) is 27.3. The van der Waals surface area contributed by atoms with E-state index in [0.717, 1.165) is 5.56 Å². The number of hydrazone groups is 1. The Morgan fingerprint density at radius 1 is 0.895 bits per heavy atom. The topological polar surface area (TPSA) is 127 Å². The highest BCUT2D eigenvalue weighted by Gasteiger charge is 2.13. The summed E-state index contributed by atoms with van der Waals surface area (Å²) in [5.41, 5.74) is 3.95. The number of hydrogen-bond donors (Lipinski definition) is 3. The summed E-state index contributed by atoms with van der Waals surface area (Å²) >= 11 is 0. The molecule has 3 aromatic rings. The number of benzene rings is 3. The van der Waals surface area contributed by atoms with Gasteiger partial charge in [0.1, 0.15) is 11.6 Å². The summed E-state index contributed by atoms with van der Waals surface area (Å²) in [6.07, 6.45) is 1.77. The second-order valence-electron chi connectivity index (χ2n) is 7.78. The molecule has 10 nitrogen and oxygen atoms in total. The van der Waals surface area contributed by atoms with Crippen molar-refractivity contribution in [3.63, 3.8) is 0 Å². The Bertz CT molecular complexity index is 1300. The number of nitrogens with zero attached hydrogens (tertiary/aromatic N) is 1. The van der Waals surface area contributed by atoms with E-state index in [9.17, 15) is 18.8 Å². The van der Waals surface area contributed by atoms with Crippen LogP contribution in [0.4, 0.5) is 10.1 Å². The first-order valence-corrected chi connectivity index (χ1v) is 11.5. The van der Waals surface area contributed by atoms with Crippen molar-refractivity contribution in [3.05, 3.63) is 83.7 Å². The zero-order valence-electron chi connectivity index (χ0n) is 20.8. The van der Waals surface area contributed by atoms with Crippen molar-refractivity contribution in [1.29, 1.82) is 0 Å². The molecule has 3 amide bonds. The van der Waals surface area contributed by atoms with Crippen LogP contribution in [0.25, 0.3) is 0 Å². The van der Waals surface area contributed by atoms with Gasteiger partial charge in [0, 0.05) is 17.8 Å². The van der Waals surface area contributed by atoms with Crippen LogP contribution in [0.15, 0.2) is 71.8 Å². The highest BCUT2D eigenvalue weighted by Crippen LogP contribution is 2.27. The minimum atomic E-state index is -0.939. The van der Waals surface area contributed by atoms with E-state index in [0.29, 0.717) is 34.9 Å². The molecule has 0 saturated carbocycles. The summed E-state index contributed by atoms with van der Waals surface area (Å²) in [5.74, 6) is -1.14. The molecule has 38 heavy (non-hydrogen) atoms. The van der Waals surface area contributed by atoms with Gasteiger partial charge in [0.2, 0.25) is 0 Å². The Labute approximate surface area is 218 Å². The van der Waals surface area contributed by atoms with Gasteiger partial charge in [-0.15, -0.1) is 0 Å². The lowest BCUT2D eigenvalue weighted by molar-refractivity contribution is -0.139. The Morgan fingerprint density at radius 3 is 2.37 bits per heavy atom. The van der Waals surface area contributed by atoms with E-state index in [4.69, 9.17) is 14.2 Å². The molecule has 0 heterocycles. The Morgan fingerprint density at radius 2 is 1.63 bits per heavy atom. The number of nitrogens with one attached hydrogen (secondary N) is 3. The molecule has 0 aliphatic heterocycles. The summed E-state index contributed by atoms with van der Waals surface area (Å²) in [6, 6.07) is 17.4. The normalized spacial score (nSPS) is 10.5. The molecule has 0 aliphatic carbocycles. The van der Waals surface area contributed by atoms with E-state index in [1.807, 2.05) is 6.07 Å². The summed E-state index contributed by atoms with van der Waals surface area (Å²) in [6.45, 7) is -0.0842. The van der Waals surface area contributed by atoms with E-state index in [1.165, 1.54) is 37.6 Å². The SMILES string of the molecule is COc1ccc(CCNC(=O)C(=O)N/N=C\c2ccccc2OCC(=O)Nc2ccc(F)cc2)cc1OC. The van der Waals surface area contributed by atoms with Crippen LogP contribution >= 0.6 is 0 Å². The Kier molecular flexibility index (Phi) is 10.2. The van der Waals surface area contributed by atoms with Crippen LogP contribution in [-0.4, -0.2) is 51.3 Å². The maximum absolute atomic E-state index is 13.0. The molecule has 3 rings (SSSR count). The van der Waals surface area contributed by atoms with Gasteiger partial charge >= 0.3 is 11.8 Å². The second kappa shape index (κ2) is 14.0. The maximum atomic E-state index is 13.0. The molecule has 0 saturated heterocycles. The third-order valence-corrected chi connectivity index (χ3v) is 5.13. The third-order valence-electron chi connectivity index (χ3n) is 5.13. The molecule has 3 aromatic carbocycles. The highest BCUT2D eigenvalue weighted by molar-refractivity contribution is 6.35. The van der Waals surface area contributed by atoms with Gasteiger partial charge in [0.25, 0.3) is 5.91 Å². The number of para-hydroxylation sites is 1. The fourth-order valence-electron chi connectivity index (χ4n) is 3.24. The lowest BCUT2D eigenvalue weighted by Crippen LogP contribution is -2.38. The number of methoxy groups -OCH3 is 2. The molecule has 0 atom stereocenters. The number of amides is 3. The van der Waals surface area contributed by atoms with E-state index in [2.05, 4.69) is 21.2 Å². The van der Waals surface area contributed by atoms with Crippen LogP contribution in [0, 0.1) is 5.82 Å². The van der Waals surface area contributed by atoms with Gasteiger partial charge < -0.3 is 24.8 Å². The van der Waals surface area contributed by atoms with E-state index in [-0.39, 0.29) is 13.2 Å². The fraction of sp³-hybridized carbons (Fsp3) is 0.185. The van der Waals surface area contributed by atoms with Crippen molar-refractivity contribution in [2.45, 2.75) is 6.42 Å². The number of carbonyl (C=O) groups excluding carboxylic acids is 3. The van der Waals surface area contributed by atoms with Crippen LogP contribution in [0.5, 0.6) is 17.2 Å². The quantitative estimate of drug-likeness (QED) is 0.202. The van der Waals surface area contributed by atoms with Crippen molar-refractivity contribution in [1.82, 2.24) is 10.7 Å². The van der Waals surface area contributed by atoms with Gasteiger partial charge in [-0.25, -0.2) is 9.82 Å². The third kappa shape index (κ3) is 8.33. The first-order valence-electron chi connectivity index (χ1n) is 11.5. The average Bonchev–Trinajstić information content (AvgIpc) is 2.93. The molecule has 0 fully saturated rings. The van der Waals surface area contributed by atoms with Gasteiger partial charge in [-0.3, -0.25) is 14.4 Å². The molecule has 0 radical (unpaired) electrons. The summed E-state index contributed by atoms with van der Waals surface area (Å²) < 4.78 is 29.0. The summed E-state index contributed by atoms with van der Waals surface area (Å²) in [7, 11) is 3.08. The molecule has 0 aromatic heterocycles. The maximum Gasteiger partial charge on any atom is 0.329 e. The highest BCUT2D eigenvalue weighted by atomic mass is 19.1. The predicted molar refractivity (Wildman–Crippen MR) is 139 cm³/mol. The Hall–Kier alpha value is -4.93. The molecule has 198 valence electrons. The number of hydrogen-bond acceptors (Lipinski definition) is 7. The van der Waals surface area contributed by atoms with Crippen molar-refractivity contribution in [2.24, 2.45) is 5.10 Å². The first kappa shape index (κ1) is 27.7. The number of carbonyl (C=O) groups is 3. The molecule has 11 heteroatoms. The first-order chi connectivity index (χ1) is 18.4. The summed E-state index contributed by atoms with van der Waals surface area (Å²) in [4.78, 5) is 36.3. The standard InChI is InChI=1S/C27H27FN4O6/c1-36-23-12-7-18(15-24(23)37-2)13-14-29-26(34)27(35)32-30-16-19-5-3-4-6-22(19)38-17-25(33)31-21-10-8-20(28)9-11-21/h3-12,15-16H,13-14,17H2,1-2H3,(H,29,34)(H,31,33)(H,32,35)/b30-16-. The zero-order valence-corrected chi connectivity index (χ0v) is 20.8. The number of anilines is 1. The lowest BCUT2D eigenvalue weighted by Gasteiger charge is -2.10. The minimum absolute atomic E-state index is 0.224.